The number of hydrogen-bond acceptors (Lipinski definition) is 14. The third-order valence-corrected chi connectivity index (χ3v) is 11.5. The SMILES string of the molecule is C[C@@H](Nc1c(Cl)cnc2cc(F)c(-c3cnc(C(C)(C)O)nc3)nc12)c1cccc(C(=O)Nc2c(C(N)=O)cccc2[C@@H](C)Nc2c(Cl)cnc3cc(F)c(-c4cnc(C(C)(C)O)nc4)nc23)c1. The van der Waals surface area contributed by atoms with E-state index >= 15 is 8.78 Å². The van der Waals surface area contributed by atoms with Crippen LogP contribution in [0.4, 0.5) is 25.8 Å². The van der Waals surface area contributed by atoms with Gasteiger partial charge in [0.05, 0.1) is 49.7 Å². The summed E-state index contributed by atoms with van der Waals surface area (Å²) < 4.78 is 30.9. The Morgan fingerprint density at radius 3 is 1.59 bits per heavy atom. The van der Waals surface area contributed by atoms with Crippen LogP contribution >= 0.6 is 23.2 Å². The fraction of sp³-hybridized carbons (Fsp3) is 0.208. The highest BCUT2D eigenvalue weighted by molar-refractivity contribution is 6.35. The molecule has 0 saturated carbocycles. The van der Waals surface area contributed by atoms with Gasteiger partial charge in [-0.1, -0.05) is 47.5 Å². The number of rotatable bonds is 13. The number of aliphatic hydroxyl groups is 2. The second-order valence-corrected chi connectivity index (χ2v) is 17.8. The smallest absolute Gasteiger partial charge is 0.255 e. The van der Waals surface area contributed by atoms with Gasteiger partial charge >= 0.3 is 0 Å². The Morgan fingerprint density at radius 1 is 0.647 bits per heavy atom. The number of nitrogens with two attached hydrogens (primary N) is 1. The minimum absolute atomic E-state index is 0.0283. The first-order chi connectivity index (χ1) is 32.2. The number of aromatic nitrogens is 8. The van der Waals surface area contributed by atoms with Gasteiger partial charge in [0.2, 0.25) is 0 Å². The first kappa shape index (κ1) is 47.1. The zero-order chi connectivity index (χ0) is 48.8. The van der Waals surface area contributed by atoms with Gasteiger partial charge in [0.15, 0.2) is 23.3 Å². The molecule has 7 N–H and O–H groups in total. The summed E-state index contributed by atoms with van der Waals surface area (Å²) in [6, 6.07) is 12.8. The molecule has 0 bridgehead atoms. The number of benzene rings is 2. The summed E-state index contributed by atoms with van der Waals surface area (Å²) in [5, 5.41) is 30.5. The maximum atomic E-state index is 15.5. The number of para-hydroxylation sites is 1. The Bertz CT molecular complexity index is 3280. The molecule has 6 heterocycles. The van der Waals surface area contributed by atoms with Crippen LogP contribution in [0.5, 0.6) is 0 Å². The van der Waals surface area contributed by atoms with E-state index in [9.17, 15) is 19.8 Å². The van der Waals surface area contributed by atoms with Crippen LogP contribution in [0, 0.1) is 11.6 Å². The second kappa shape index (κ2) is 18.4. The zero-order valence-corrected chi connectivity index (χ0v) is 38.7. The van der Waals surface area contributed by atoms with E-state index in [1.54, 1.807) is 43.3 Å². The monoisotopic (exact) mass is 958 g/mol. The van der Waals surface area contributed by atoms with Crippen LogP contribution < -0.4 is 21.7 Å². The van der Waals surface area contributed by atoms with Crippen molar-refractivity contribution in [3.05, 3.63) is 147 Å². The Kier molecular flexibility index (Phi) is 12.7. The van der Waals surface area contributed by atoms with Gasteiger partial charge in [-0.3, -0.25) is 19.6 Å². The van der Waals surface area contributed by atoms with Crippen LogP contribution in [0.2, 0.25) is 10.0 Å². The zero-order valence-electron chi connectivity index (χ0n) is 37.2. The standard InChI is InChI=1S/C48H42Cl2F2N12O4/c1-22(60-39-30(49)20-54-34-14-32(51)36(62-41(34)39)26-16-56-45(57-17-26)47(3,4)67)24-9-7-10-25(13-24)44(66)64-38-28(11-8-12-29(38)43(53)65)23(2)61-40-31(50)21-55-35-15-33(52)37(63-42(35)40)27-18-58-46(59-19-27)48(5,6)68/h7-23,67-68H,1-6H3,(H2,53,65)(H,54,60)(H,55,61)(H,64,66)/t22-,23-/m1/s1. The molecule has 0 spiro atoms. The van der Waals surface area contributed by atoms with E-state index in [0.717, 1.165) is 0 Å². The average Bonchev–Trinajstić information content (AvgIpc) is 3.30. The molecule has 2 aromatic carbocycles. The third-order valence-electron chi connectivity index (χ3n) is 10.9. The highest BCUT2D eigenvalue weighted by Gasteiger charge is 2.26. The van der Waals surface area contributed by atoms with Gasteiger partial charge in [-0.2, -0.15) is 0 Å². The minimum Gasteiger partial charge on any atom is -0.382 e. The largest absolute Gasteiger partial charge is 0.382 e. The molecule has 2 amide bonds. The first-order valence-corrected chi connectivity index (χ1v) is 21.7. The second-order valence-electron chi connectivity index (χ2n) is 17.0. The van der Waals surface area contributed by atoms with Crippen molar-refractivity contribution >= 4 is 74.1 Å². The lowest BCUT2D eigenvalue weighted by atomic mass is 9.99. The summed E-state index contributed by atoms with van der Waals surface area (Å²) >= 11 is 13.4. The number of anilines is 3. The van der Waals surface area contributed by atoms with Crippen molar-refractivity contribution < 1.29 is 28.6 Å². The molecule has 0 radical (unpaired) electrons. The van der Waals surface area contributed by atoms with Crippen molar-refractivity contribution in [2.24, 2.45) is 5.73 Å². The number of carbonyl (C=O) groups excluding carboxylic acids is 2. The van der Waals surface area contributed by atoms with E-state index in [1.165, 1.54) is 83.1 Å². The van der Waals surface area contributed by atoms with Crippen molar-refractivity contribution in [1.29, 1.82) is 0 Å². The summed E-state index contributed by atoms with van der Waals surface area (Å²) in [7, 11) is 0. The van der Waals surface area contributed by atoms with Crippen molar-refractivity contribution in [1.82, 2.24) is 39.9 Å². The molecule has 6 aromatic heterocycles. The maximum Gasteiger partial charge on any atom is 0.255 e. The van der Waals surface area contributed by atoms with Gasteiger partial charge in [0.25, 0.3) is 11.8 Å². The maximum absolute atomic E-state index is 15.5. The molecule has 16 nitrogen and oxygen atoms in total. The molecule has 0 saturated heterocycles. The molecule has 8 aromatic rings. The summed E-state index contributed by atoms with van der Waals surface area (Å²) in [5.74, 6) is -2.44. The molecule has 0 unspecified atom stereocenters. The van der Waals surface area contributed by atoms with Crippen LogP contribution in [-0.2, 0) is 11.2 Å². The number of carbonyl (C=O) groups is 2. The fourth-order valence-corrected chi connectivity index (χ4v) is 7.73. The number of fused-ring (bicyclic) bond motifs is 2. The number of primary amides is 1. The third kappa shape index (κ3) is 9.57. The Hall–Kier alpha value is -7.38. The minimum atomic E-state index is -1.32. The van der Waals surface area contributed by atoms with Gasteiger partial charge in [-0.25, -0.2) is 38.7 Å². The van der Waals surface area contributed by atoms with E-state index in [-0.39, 0.29) is 88.8 Å². The van der Waals surface area contributed by atoms with Crippen LogP contribution in [0.3, 0.4) is 0 Å². The van der Waals surface area contributed by atoms with E-state index in [4.69, 9.17) is 28.9 Å². The van der Waals surface area contributed by atoms with E-state index in [1.807, 2.05) is 6.92 Å². The summed E-state index contributed by atoms with van der Waals surface area (Å²) in [6.45, 7) is 9.73. The number of hydrogen-bond donors (Lipinski definition) is 6. The van der Waals surface area contributed by atoms with Crippen molar-refractivity contribution in [3.8, 4) is 22.5 Å². The molecule has 20 heteroatoms. The molecule has 0 fully saturated rings. The first-order valence-electron chi connectivity index (χ1n) is 20.9. The predicted molar refractivity (Wildman–Crippen MR) is 255 cm³/mol. The number of pyridine rings is 4. The number of halogens is 4. The van der Waals surface area contributed by atoms with Gasteiger partial charge in [0, 0.05) is 72.0 Å². The van der Waals surface area contributed by atoms with Gasteiger partial charge in [0.1, 0.15) is 33.6 Å². The van der Waals surface area contributed by atoms with Crippen molar-refractivity contribution in [3.63, 3.8) is 0 Å². The van der Waals surface area contributed by atoms with Crippen LogP contribution in [0.1, 0.15) is 97.1 Å². The van der Waals surface area contributed by atoms with Gasteiger partial charge < -0.3 is 31.9 Å². The Morgan fingerprint density at radius 2 is 1.12 bits per heavy atom. The predicted octanol–water partition coefficient (Wildman–Crippen LogP) is 9.22. The molecule has 68 heavy (non-hydrogen) atoms. The van der Waals surface area contributed by atoms with Crippen molar-refractivity contribution in [2.45, 2.75) is 64.8 Å². The lowest BCUT2D eigenvalue weighted by Gasteiger charge is -2.23. The van der Waals surface area contributed by atoms with Crippen LogP contribution in [0.15, 0.2) is 91.8 Å². The molecule has 8 rings (SSSR count). The van der Waals surface area contributed by atoms with Gasteiger partial charge in [-0.05, 0) is 70.9 Å². The number of amides is 2. The normalized spacial score (nSPS) is 12.8. The fourth-order valence-electron chi connectivity index (χ4n) is 7.35. The van der Waals surface area contributed by atoms with Crippen molar-refractivity contribution in [2.75, 3.05) is 16.0 Å². The number of nitrogens with zero attached hydrogens (tertiary/aromatic N) is 8. The van der Waals surface area contributed by atoms with E-state index in [0.29, 0.717) is 16.8 Å². The molecule has 2 atom stereocenters. The highest BCUT2D eigenvalue weighted by atomic mass is 35.5. The molecular weight excluding hydrogens is 918 g/mol. The molecule has 346 valence electrons. The molecule has 0 aliphatic rings. The summed E-state index contributed by atoms with van der Waals surface area (Å²) in [5.41, 5.74) is 6.57. The lowest BCUT2D eigenvalue weighted by molar-refractivity contribution is 0.0682. The topological polar surface area (TPSA) is 240 Å². The van der Waals surface area contributed by atoms with E-state index in [2.05, 4.69) is 55.8 Å². The molecular formula is C48H42Cl2F2N12O4. The van der Waals surface area contributed by atoms with Gasteiger partial charge in [-0.15, -0.1) is 0 Å². The number of nitrogens with one attached hydrogen (secondary N) is 3. The molecule has 0 aliphatic carbocycles. The van der Waals surface area contributed by atoms with E-state index < -0.39 is 46.7 Å². The quantitative estimate of drug-likeness (QED) is 0.0632. The summed E-state index contributed by atoms with van der Waals surface area (Å²) in [6.07, 6.45) is 8.18. The Labute approximate surface area is 397 Å². The molecule has 0 aliphatic heterocycles. The highest BCUT2D eigenvalue weighted by Crippen LogP contribution is 2.38. The van der Waals surface area contributed by atoms with Crippen LogP contribution in [-0.4, -0.2) is 61.9 Å². The Balaban J connectivity index is 1.07. The summed E-state index contributed by atoms with van der Waals surface area (Å²) in [4.78, 5) is 61.5. The van der Waals surface area contributed by atoms with Crippen LogP contribution in [0.25, 0.3) is 44.6 Å². The lowest BCUT2D eigenvalue weighted by Crippen LogP contribution is -2.22. The average molecular weight is 960 g/mol.